The van der Waals surface area contributed by atoms with E-state index in [0.717, 1.165) is 22.6 Å². The van der Waals surface area contributed by atoms with Crippen molar-refractivity contribution in [2.24, 2.45) is 4.99 Å². The molecule has 0 atom stereocenters. The maximum atomic E-state index is 12.6. The highest BCUT2D eigenvalue weighted by atomic mass is 127. The number of amides is 1. The molecule has 2 aromatic rings. The third kappa shape index (κ3) is 6.52. The van der Waals surface area contributed by atoms with Gasteiger partial charge < -0.3 is 25.0 Å². The van der Waals surface area contributed by atoms with E-state index in [9.17, 15) is 4.79 Å². The van der Waals surface area contributed by atoms with Crippen molar-refractivity contribution in [3.8, 4) is 11.5 Å². The Morgan fingerprint density at radius 2 is 1.83 bits per heavy atom. The van der Waals surface area contributed by atoms with Gasteiger partial charge in [0.15, 0.2) is 17.5 Å². The molecule has 156 valence electrons. The van der Waals surface area contributed by atoms with Crippen LogP contribution in [0.1, 0.15) is 18.1 Å². The van der Waals surface area contributed by atoms with Gasteiger partial charge in [0, 0.05) is 26.7 Å². The van der Waals surface area contributed by atoms with Gasteiger partial charge in [0.1, 0.15) is 0 Å². The molecule has 0 saturated heterocycles. The van der Waals surface area contributed by atoms with E-state index in [4.69, 9.17) is 9.47 Å². The second-order valence-corrected chi connectivity index (χ2v) is 6.36. The van der Waals surface area contributed by atoms with E-state index in [0.29, 0.717) is 25.6 Å². The van der Waals surface area contributed by atoms with Crippen LogP contribution in [-0.4, -0.2) is 43.7 Å². The van der Waals surface area contributed by atoms with Crippen LogP contribution >= 0.6 is 24.0 Å². The average molecular weight is 510 g/mol. The van der Waals surface area contributed by atoms with E-state index < -0.39 is 0 Å². The zero-order valence-corrected chi connectivity index (χ0v) is 19.0. The predicted octanol–water partition coefficient (Wildman–Crippen LogP) is 2.75. The Morgan fingerprint density at radius 3 is 2.55 bits per heavy atom. The van der Waals surface area contributed by atoms with Crippen LogP contribution in [0.25, 0.3) is 0 Å². The summed E-state index contributed by atoms with van der Waals surface area (Å²) in [5.41, 5.74) is 2.15. The molecular formula is C21H27IN4O3. The summed E-state index contributed by atoms with van der Waals surface area (Å²) in [6.45, 7) is 4.23. The first-order chi connectivity index (χ1) is 13.7. The molecule has 0 bridgehead atoms. The van der Waals surface area contributed by atoms with Crippen molar-refractivity contribution in [1.29, 1.82) is 0 Å². The largest absolute Gasteiger partial charge is 0.454 e. The molecule has 0 fully saturated rings. The van der Waals surface area contributed by atoms with Crippen molar-refractivity contribution in [3.63, 3.8) is 0 Å². The molecule has 7 nitrogen and oxygen atoms in total. The Kier molecular flexibility index (Phi) is 9.04. The molecule has 2 N–H and O–H groups in total. The third-order valence-electron chi connectivity index (χ3n) is 4.48. The number of fused-ring (bicyclic) bond motifs is 1. The Labute approximate surface area is 188 Å². The molecule has 8 heteroatoms. The van der Waals surface area contributed by atoms with Gasteiger partial charge in [-0.3, -0.25) is 9.79 Å². The number of aliphatic imine (C=N–C) groups is 1. The fourth-order valence-corrected chi connectivity index (χ4v) is 2.91. The van der Waals surface area contributed by atoms with E-state index in [2.05, 4.69) is 15.6 Å². The molecule has 1 aliphatic heterocycles. The topological polar surface area (TPSA) is 75.2 Å². The number of hydrogen-bond donors (Lipinski definition) is 2. The molecule has 0 saturated carbocycles. The van der Waals surface area contributed by atoms with Crippen LogP contribution in [0.5, 0.6) is 11.5 Å². The van der Waals surface area contributed by atoms with Gasteiger partial charge in [-0.25, -0.2) is 0 Å². The van der Waals surface area contributed by atoms with Crippen LogP contribution in [0.4, 0.5) is 0 Å². The Balaban J connectivity index is 0.00000300. The molecule has 0 aliphatic carbocycles. The summed E-state index contributed by atoms with van der Waals surface area (Å²) < 4.78 is 10.7. The minimum atomic E-state index is 0. The van der Waals surface area contributed by atoms with Crippen LogP contribution in [0, 0.1) is 0 Å². The van der Waals surface area contributed by atoms with E-state index in [1.807, 2.05) is 60.4 Å². The second-order valence-electron chi connectivity index (χ2n) is 6.36. The van der Waals surface area contributed by atoms with E-state index in [1.165, 1.54) is 0 Å². The highest BCUT2D eigenvalue weighted by Gasteiger charge is 2.14. The van der Waals surface area contributed by atoms with Gasteiger partial charge in [0.05, 0.1) is 6.54 Å². The van der Waals surface area contributed by atoms with Gasteiger partial charge in [-0.1, -0.05) is 36.4 Å². The molecule has 2 aromatic carbocycles. The van der Waals surface area contributed by atoms with Gasteiger partial charge >= 0.3 is 0 Å². The summed E-state index contributed by atoms with van der Waals surface area (Å²) in [6, 6.07) is 15.8. The van der Waals surface area contributed by atoms with Crippen LogP contribution in [0.15, 0.2) is 53.5 Å². The molecular weight excluding hydrogens is 483 g/mol. The third-order valence-corrected chi connectivity index (χ3v) is 4.48. The van der Waals surface area contributed by atoms with Crippen molar-refractivity contribution < 1.29 is 14.3 Å². The quantitative estimate of drug-likeness (QED) is 0.341. The number of nitrogens with zero attached hydrogens (tertiary/aromatic N) is 2. The first kappa shape index (κ1) is 22.8. The van der Waals surface area contributed by atoms with Crippen molar-refractivity contribution in [2.45, 2.75) is 20.0 Å². The number of likely N-dealkylation sites (N-methyl/N-ethyl adjacent to an activating group) is 1. The Morgan fingerprint density at radius 1 is 1.07 bits per heavy atom. The molecule has 1 amide bonds. The average Bonchev–Trinajstić information content (AvgIpc) is 3.20. The van der Waals surface area contributed by atoms with Crippen molar-refractivity contribution >= 4 is 35.8 Å². The maximum absolute atomic E-state index is 12.6. The highest BCUT2D eigenvalue weighted by molar-refractivity contribution is 14.0. The van der Waals surface area contributed by atoms with Gasteiger partial charge in [-0.05, 0) is 30.2 Å². The molecule has 0 spiro atoms. The first-order valence-corrected chi connectivity index (χ1v) is 9.34. The summed E-state index contributed by atoms with van der Waals surface area (Å²) in [4.78, 5) is 18.5. The van der Waals surface area contributed by atoms with Crippen LogP contribution in [-0.2, 0) is 17.9 Å². The second kappa shape index (κ2) is 11.5. The normalized spacial score (nSPS) is 12.1. The van der Waals surface area contributed by atoms with Gasteiger partial charge in [-0.2, -0.15) is 0 Å². The lowest BCUT2D eigenvalue weighted by Gasteiger charge is -2.22. The number of guanidine groups is 1. The lowest BCUT2D eigenvalue weighted by Crippen LogP contribution is -2.44. The van der Waals surface area contributed by atoms with E-state index in [1.54, 1.807) is 7.05 Å². The summed E-state index contributed by atoms with van der Waals surface area (Å²) in [7, 11) is 1.68. The zero-order valence-electron chi connectivity index (χ0n) is 16.7. The van der Waals surface area contributed by atoms with Gasteiger partial charge in [0.25, 0.3) is 0 Å². The standard InChI is InChI=1S/C21H26N4O3.HI/c1-3-25(14-16-7-5-4-6-8-16)20(26)13-24-21(22-2)23-12-17-9-10-18-19(11-17)28-15-27-18;/h4-11H,3,12-15H2,1-2H3,(H2,22,23,24);1H. The number of rotatable bonds is 7. The number of hydrogen-bond acceptors (Lipinski definition) is 4. The number of ether oxygens (including phenoxy) is 2. The first-order valence-electron chi connectivity index (χ1n) is 9.34. The molecule has 1 aliphatic rings. The number of benzene rings is 2. The molecule has 0 unspecified atom stereocenters. The summed E-state index contributed by atoms with van der Waals surface area (Å²) >= 11 is 0. The van der Waals surface area contributed by atoms with Gasteiger partial charge in [0.2, 0.25) is 12.7 Å². The number of nitrogens with one attached hydrogen (secondary N) is 2. The van der Waals surface area contributed by atoms with Crippen LogP contribution in [0.3, 0.4) is 0 Å². The van der Waals surface area contributed by atoms with Crippen molar-refractivity contribution in [3.05, 3.63) is 59.7 Å². The molecule has 0 radical (unpaired) electrons. The van der Waals surface area contributed by atoms with Gasteiger partial charge in [-0.15, -0.1) is 24.0 Å². The summed E-state index contributed by atoms with van der Waals surface area (Å²) in [6.07, 6.45) is 0. The number of carbonyl (C=O) groups is 1. The summed E-state index contributed by atoms with van der Waals surface area (Å²) in [5, 5.41) is 6.29. The van der Waals surface area contributed by atoms with Crippen molar-refractivity contribution in [1.82, 2.24) is 15.5 Å². The number of carbonyl (C=O) groups excluding carboxylic acids is 1. The predicted molar refractivity (Wildman–Crippen MR) is 124 cm³/mol. The van der Waals surface area contributed by atoms with Crippen LogP contribution < -0.4 is 20.1 Å². The monoisotopic (exact) mass is 510 g/mol. The van der Waals surface area contributed by atoms with E-state index in [-0.39, 0.29) is 43.2 Å². The Hall–Kier alpha value is -2.49. The molecule has 1 heterocycles. The SMILES string of the molecule is CCN(Cc1ccccc1)C(=O)CNC(=NC)NCc1ccc2c(c1)OCO2.I. The molecule has 0 aromatic heterocycles. The number of halogens is 1. The fraction of sp³-hybridized carbons (Fsp3) is 0.333. The fourth-order valence-electron chi connectivity index (χ4n) is 2.91. The molecule has 29 heavy (non-hydrogen) atoms. The summed E-state index contributed by atoms with van der Waals surface area (Å²) in [5.74, 6) is 2.10. The van der Waals surface area contributed by atoms with Crippen LogP contribution in [0.2, 0.25) is 0 Å². The van der Waals surface area contributed by atoms with E-state index >= 15 is 0 Å². The highest BCUT2D eigenvalue weighted by Crippen LogP contribution is 2.32. The van der Waals surface area contributed by atoms with Crippen molar-refractivity contribution in [2.75, 3.05) is 26.9 Å². The lowest BCUT2D eigenvalue weighted by atomic mass is 10.2. The zero-order chi connectivity index (χ0) is 19.8. The maximum Gasteiger partial charge on any atom is 0.242 e. The smallest absolute Gasteiger partial charge is 0.242 e. The Bertz CT molecular complexity index is 830. The minimum absolute atomic E-state index is 0. The minimum Gasteiger partial charge on any atom is -0.454 e. The molecule has 3 rings (SSSR count). The lowest BCUT2D eigenvalue weighted by molar-refractivity contribution is -0.130.